The fourth-order valence-electron chi connectivity index (χ4n) is 3.12. The second-order valence-corrected chi connectivity index (χ2v) is 6.32. The molecule has 0 saturated heterocycles. The number of rotatable bonds is 2. The lowest BCUT2D eigenvalue weighted by atomic mass is 9.93. The zero-order valence-corrected chi connectivity index (χ0v) is 13.8. The number of aryl methyl sites for hydroxylation is 1. The summed E-state index contributed by atoms with van der Waals surface area (Å²) >= 11 is 6.31. The molecule has 1 aliphatic rings. The van der Waals surface area contributed by atoms with E-state index in [0.29, 0.717) is 28.1 Å². The standard InChI is InChI=1S/C18H15ClF3NO2/c19-13-7-5-10-6-8-14(17(25)18(20,21)22)23-9-12(10)16(13)11-3-1-2-4-15(11)24/h1-5,7,14,23-24H,6,8-9H2. The number of Topliss-reactive ketones (excluding diaryl/α,β-unsaturated/α-hetero) is 1. The topological polar surface area (TPSA) is 49.3 Å². The molecule has 2 N–H and O–H groups in total. The van der Waals surface area contributed by atoms with Crippen molar-refractivity contribution in [2.75, 3.05) is 0 Å². The third kappa shape index (κ3) is 3.50. The van der Waals surface area contributed by atoms with Gasteiger partial charge in [0.25, 0.3) is 5.78 Å². The van der Waals surface area contributed by atoms with Gasteiger partial charge >= 0.3 is 6.18 Å². The van der Waals surface area contributed by atoms with E-state index < -0.39 is 18.0 Å². The van der Waals surface area contributed by atoms with E-state index in [1.807, 2.05) is 0 Å². The summed E-state index contributed by atoms with van der Waals surface area (Å²) in [7, 11) is 0. The van der Waals surface area contributed by atoms with Gasteiger partial charge in [0.15, 0.2) is 0 Å². The largest absolute Gasteiger partial charge is 0.507 e. The number of carbonyl (C=O) groups excluding carboxylic acids is 1. The molecular weight excluding hydrogens is 355 g/mol. The van der Waals surface area contributed by atoms with Crippen molar-refractivity contribution in [2.24, 2.45) is 0 Å². The Hall–Kier alpha value is -2.05. The molecule has 1 atom stereocenters. The predicted molar refractivity (Wildman–Crippen MR) is 88.6 cm³/mol. The quantitative estimate of drug-likeness (QED) is 0.832. The first-order valence-corrected chi connectivity index (χ1v) is 8.10. The molecule has 0 fully saturated rings. The van der Waals surface area contributed by atoms with Crippen molar-refractivity contribution in [3.63, 3.8) is 0 Å². The van der Waals surface area contributed by atoms with Crippen LogP contribution < -0.4 is 5.32 Å². The molecule has 3 rings (SSSR count). The van der Waals surface area contributed by atoms with Crippen molar-refractivity contribution < 1.29 is 23.1 Å². The van der Waals surface area contributed by atoms with Crippen LogP contribution in [0.25, 0.3) is 11.1 Å². The Morgan fingerprint density at radius 2 is 1.92 bits per heavy atom. The van der Waals surface area contributed by atoms with E-state index in [0.717, 1.165) is 5.56 Å². The fourth-order valence-corrected chi connectivity index (χ4v) is 3.40. The maximum Gasteiger partial charge on any atom is 0.451 e. The molecule has 25 heavy (non-hydrogen) atoms. The molecule has 3 nitrogen and oxygen atoms in total. The number of hydrogen-bond acceptors (Lipinski definition) is 3. The van der Waals surface area contributed by atoms with Gasteiger partial charge in [-0.2, -0.15) is 13.2 Å². The molecule has 0 saturated carbocycles. The molecule has 0 radical (unpaired) electrons. The Labute approximate surface area is 147 Å². The van der Waals surface area contributed by atoms with Gasteiger partial charge in [0.2, 0.25) is 0 Å². The van der Waals surface area contributed by atoms with Crippen molar-refractivity contribution in [3.05, 3.63) is 52.5 Å². The van der Waals surface area contributed by atoms with E-state index in [1.54, 1.807) is 30.3 Å². The Morgan fingerprint density at radius 1 is 1.20 bits per heavy atom. The molecule has 1 aliphatic heterocycles. The van der Waals surface area contributed by atoms with E-state index in [9.17, 15) is 23.1 Å². The van der Waals surface area contributed by atoms with Crippen LogP contribution in [-0.2, 0) is 17.8 Å². The number of alkyl halides is 3. The summed E-state index contributed by atoms with van der Waals surface area (Å²) in [5, 5.41) is 13.2. The van der Waals surface area contributed by atoms with Crippen molar-refractivity contribution in [1.29, 1.82) is 0 Å². The molecule has 1 unspecified atom stereocenters. The summed E-state index contributed by atoms with van der Waals surface area (Å²) in [6, 6.07) is 8.75. The van der Waals surface area contributed by atoms with Crippen LogP contribution in [0.1, 0.15) is 17.5 Å². The van der Waals surface area contributed by atoms with E-state index >= 15 is 0 Å². The highest BCUT2D eigenvalue weighted by Gasteiger charge is 2.43. The second-order valence-electron chi connectivity index (χ2n) is 5.91. The number of ketones is 1. The lowest BCUT2D eigenvalue weighted by Gasteiger charge is -2.17. The van der Waals surface area contributed by atoms with Crippen LogP contribution in [0.3, 0.4) is 0 Å². The van der Waals surface area contributed by atoms with Gasteiger partial charge in [-0.3, -0.25) is 4.79 Å². The minimum absolute atomic E-state index is 0.0324. The number of hydrogen-bond donors (Lipinski definition) is 2. The summed E-state index contributed by atoms with van der Waals surface area (Å²) in [5.41, 5.74) is 2.59. The average Bonchev–Trinajstić information content (AvgIpc) is 2.77. The molecule has 0 amide bonds. The minimum Gasteiger partial charge on any atom is -0.507 e. The smallest absolute Gasteiger partial charge is 0.451 e. The van der Waals surface area contributed by atoms with Crippen molar-refractivity contribution in [3.8, 4) is 16.9 Å². The van der Waals surface area contributed by atoms with Crippen LogP contribution in [-0.4, -0.2) is 23.1 Å². The summed E-state index contributed by atoms with van der Waals surface area (Å²) in [4.78, 5) is 11.5. The molecule has 7 heteroatoms. The van der Waals surface area contributed by atoms with E-state index in [2.05, 4.69) is 5.32 Å². The molecule has 0 aromatic heterocycles. The van der Waals surface area contributed by atoms with Gasteiger partial charge in [-0.25, -0.2) is 0 Å². The second kappa shape index (κ2) is 6.69. The Morgan fingerprint density at radius 3 is 2.60 bits per heavy atom. The molecule has 2 aromatic rings. The number of phenolic OH excluding ortho intramolecular Hbond substituents is 1. The number of para-hydroxylation sites is 1. The highest BCUT2D eigenvalue weighted by atomic mass is 35.5. The zero-order chi connectivity index (χ0) is 18.2. The normalized spacial score (nSPS) is 17.7. The van der Waals surface area contributed by atoms with Gasteiger partial charge < -0.3 is 10.4 Å². The SMILES string of the molecule is O=C(C1CCc2ccc(Cl)c(-c3ccccc3O)c2CN1)C(F)(F)F. The van der Waals surface area contributed by atoms with Gasteiger partial charge in [-0.15, -0.1) is 0 Å². The average molecular weight is 370 g/mol. The summed E-state index contributed by atoms with van der Waals surface area (Å²) in [5.74, 6) is -1.74. The van der Waals surface area contributed by atoms with Crippen LogP contribution in [0, 0.1) is 0 Å². The zero-order valence-electron chi connectivity index (χ0n) is 13.0. The van der Waals surface area contributed by atoms with Crippen molar-refractivity contribution in [2.45, 2.75) is 31.6 Å². The number of aromatic hydroxyl groups is 1. The third-order valence-electron chi connectivity index (χ3n) is 4.36. The van der Waals surface area contributed by atoms with Crippen LogP contribution in [0.2, 0.25) is 5.02 Å². The Kier molecular flexibility index (Phi) is 4.75. The monoisotopic (exact) mass is 369 g/mol. The van der Waals surface area contributed by atoms with E-state index in [4.69, 9.17) is 11.6 Å². The van der Waals surface area contributed by atoms with Crippen LogP contribution in [0.5, 0.6) is 5.75 Å². The van der Waals surface area contributed by atoms with Gasteiger partial charge in [0, 0.05) is 22.7 Å². The molecular formula is C18H15ClF3NO2. The number of nitrogens with one attached hydrogen (secondary N) is 1. The van der Waals surface area contributed by atoms with Gasteiger partial charge in [0.05, 0.1) is 6.04 Å². The van der Waals surface area contributed by atoms with Gasteiger partial charge in [-0.05, 0) is 36.1 Å². The molecule has 2 aromatic carbocycles. The summed E-state index contributed by atoms with van der Waals surface area (Å²) < 4.78 is 38.1. The highest BCUT2D eigenvalue weighted by molar-refractivity contribution is 6.33. The maximum atomic E-state index is 12.7. The fraction of sp³-hybridized carbons (Fsp3) is 0.278. The third-order valence-corrected chi connectivity index (χ3v) is 4.67. The molecule has 0 spiro atoms. The predicted octanol–water partition coefficient (Wildman–Crippen LogP) is 4.25. The highest BCUT2D eigenvalue weighted by Crippen LogP contribution is 2.39. The summed E-state index contributed by atoms with van der Waals surface area (Å²) in [6.07, 6.45) is -4.51. The molecule has 0 aliphatic carbocycles. The lowest BCUT2D eigenvalue weighted by molar-refractivity contribution is -0.173. The first-order chi connectivity index (χ1) is 11.8. The van der Waals surface area contributed by atoms with E-state index in [-0.39, 0.29) is 18.7 Å². The number of halogens is 4. The number of carbonyl (C=O) groups is 1. The molecule has 0 bridgehead atoms. The van der Waals surface area contributed by atoms with Crippen molar-refractivity contribution in [1.82, 2.24) is 5.32 Å². The first-order valence-electron chi connectivity index (χ1n) is 7.72. The van der Waals surface area contributed by atoms with Crippen LogP contribution >= 0.6 is 11.6 Å². The van der Waals surface area contributed by atoms with Crippen molar-refractivity contribution >= 4 is 17.4 Å². The Bertz CT molecular complexity index is 820. The maximum absolute atomic E-state index is 12.7. The number of benzene rings is 2. The molecule has 132 valence electrons. The van der Waals surface area contributed by atoms with Gasteiger partial charge in [-0.1, -0.05) is 35.9 Å². The number of fused-ring (bicyclic) bond motifs is 1. The first kappa shape index (κ1) is 17.8. The van der Waals surface area contributed by atoms with Gasteiger partial charge in [0.1, 0.15) is 5.75 Å². The van der Waals surface area contributed by atoms with Crippen LogP contribution in [0.4, 0.5) is 13.2 Å². The summed E-state index contributed by atoms with van der Waals surface area (Å²) in [6.45, 7) is 0.0616. The van der Waals surface area contributed by atoms with E-state index in [1.165, 1.54) is 6.07 Å². The number of phenols is 1. The Balaban J connectivity index is 2.01. The van der Waals surface area contributed by atoms with Crippen LogP contribution in [0.15, 0.2) is 36.4 Å². The minimum atomic E-state index is -4.87. The lowest BCUT2D eigenvalue weighted by Crippen LogP contribution is -2.43. The molecule has 1 heterocycles.